The van der Waals surface area contributed by atoms with Gasteiger partial charge in [0.05, 0.1) is 33.1 Å². The molecule has 0 amide bonds. The fourth-order valence-electron chi connectivity index (χ4n) is 8.30. The van der Waals surface area contributed by atoms with Crippen LogP contribution in [0.1, 0.15) is 0 Å². The number of hydrogen-bond acceptors (Lipinski definition) is 0. The molecule has 0 aliphatic rings. The molecule has 0 saturated carbocycles. The van der Waals surface area contributed by atoms with E-state index in [9.17, 15) is 0 Å². The van der Waals surface area contributed by atoms with Crippen molar-refractivity contribution in [2.75, 3.05) is 0 Å². The van der Waals surface area contributed by atoms with E-state index in [0.717, 1.165) is 11.4 Å². The van der Waals surface area contributed by atoms with Crippen LogP contribution in [0, 0.1) is 0 Å². The predicted molar refractivity (Wildman–Crippen MR) is 209 cm³/mol. The largest absolute Gasteiger partial charge is 0.317 e. The van der Waals surface area contributed by atoms with Gasteiger partial charge in [0.15, 0.2) is 0 Å². The van der Waals surface area contributed by atoms with Crippen LogP contribution in [-0.4, -0.2) is 18.3 Å². The molecule has 4 nitrogen and oxygen atoms in total. The van der Waals surface area contributed by atoms with E-state index in [2.05, 4.69) is 201 Å². The zero-order valence-electron chi connectivity index (χ0n) is 27.1. The number of rotatable bonds is 4. The molecule has 0 aliphatic carbocycles. The van der Waals surface area contributed by atoms with Crippen molar-refractivity contribution in [3.8, 4) is 22.7 Å². The number of nitrogens with zero attached hydrogens (tertiary/aromatic N) is 4. The standard InChI is InChI=1S/C46H30N4/c1-3-11-31(12-4-1)47-29-27-37-39(47)23-25-43-45(37)35-15-7-9-17-41(35)49(43)33-19-21-34(22-20-33)50-42-18-10-8-16-36(42)46-38-28-30-48(32-13-5-2-6-14-32)40(38)24-26-44(46)50/h1-30H. The van der Waals surface area contributed by atoms with Crippen molar-refractivity contribution in [3.63, 3.8) is 0 Å². The molecule has 0 saturated heterocycles. The summed E-state index contributed by atoms with van der Waals surface area (Å²) in [5.41, 5.74) is 11.9. The Labute approximate surface area is 287 Å². The van der Waals surface area contributed by atoms with Crippen LogP contribution in [0.5, 0.6) is 0 Å². The lowest BCUT2D eigenvalue weighted by atomic mass is 10.1. The van der Waals surface area contributed by atoms with Crippen molar-refractivity contribution in [2.24, 2.45) is 0 Å². The van der Waals surface area contributed by atoms with Crippen molar-refractivity contribution in [1.29, 1.82) is 0 Å². The second-order valence-corrected chi connectivity index (χ2v) is 13.0. The van der Waals surface area contributed by atoms with Crippen LogP contribution in [0.2, 0.25) is 0 Å². The van der Waals surface area contributed by atoms with E-state index in [4.69, 9.17) is 0 Å². The molecular formula is C46H30N4. The molecule has 0 atom stereocenters. The second-order valence-electron chi connectivity index (χ2n) is 13.0. The highest BCUT2D eigenvalue weighted by Gasteiger charge is 2.19. The fraction of sp³-hybridized carbons (Fsp3) is 0. The van der Waals surface area contributed by atoms with E-state index in [1.165, 1.54) is 76.8 Å². The fourth-order valence-corrected chi connectivity index (χ4v) is 8.30. The van der Waals surface area contributed by atoms with Gasteiger partial charge in [-0.25, -0.2) is 0 Å². The normalized spacial score (nSPS) is 12.0. The molecule has 0 spiro atoms. The average molecular weight is 639 g/mol. The molecule has 234 valence electrons. The van der Waals surface area contributed by atoms with Crippen molar-refractivity contribution >= 4 is 65.4 Å². The lowest BCUT2D eigenvalue weighted by molar-refractivity contribution is 1.13. The maximum atomic E-state index is 2.41. The summed E-state index contributed by atoms with van der Waals surface area (Å²) in [6, 6.07) is 61.4. The first-order valence-corrected chi connectivity index (χ1v) is 17.1. The van der Waals surface area contributed by atoms with Gasteiger partial charge in [0.1, 0.15) is 0 Å². The maximum Gasteiger partial charge on any atom is 0.0548 e. The van der Waals surface area contributed by atoms with Gasteiger partial charge in [-0.1, -0.05) is 72.8 Å². The predicted octanol–water partition coefficient (Wildman–Crippen LogP) is 11.8. The third kappa shape index (κ3) is 3.76. The Morgan fingerprint density at radius 3 is 1.04 bits per heavy atom. The van der Waals surface area contributed by atoms with Crippen LogP contribution in [0.4, 0.5) is 0 Å². The quantitative estimate of drug-likeness (QED) is 0.183. The molecule has 4 heterocycles. The highest BCUT2D eigenvalue weighted by molar-refractivity contribution is 6.22. The second kappa shape index (κ2) is 10.4. The molecule has 0 radical (unpaired) electrons. The number of para-hydroxylation sites is 4. The SMILES string of the molecule is c1ccc(-n2ccc3c4c5ccccc5n(-c5ccc(-n6c7ccccc7c7c8ccn(-c9ccccc9)c8ccc76)cc5)c4ccc32)cc1. The van der Waals surface area contributed by atoms with Crippen molar-refractivity contribution in [3.05, 3.63) is 182 Å². The van der Waals surface area contributed by atoms with E-state index >= 15 is 0 Å². The van der Waals surface area contributed by atoms with Crippen LogP contribution >= 0.6 is 0 Å². The zero-order chi connectivity index (χ0) is 32.8. The monoisotopic (exact) mass is 638 g/mol. The first kappa shape index (κ1) is 27.2. The number of hydrogen-bond donors (Lipinski definition) is 0. The molecule has 0 unspecified atom stereocenters. The van der Waals surface area contributed by atoms with Gasteiger partial charge in [0.25, 0.3) is 0 Å². The molecule has 0 bridgehead atoms. The molecule has 4 heteroatoms. The van der Waals surface area contributed by atoms with Gasteiger partial charge >= 0.3 is 0 Å². The minimum Gasteiger partial charge on any atom is -0.317 e. The van der Waals surface area contributed by atoms with Crippen LogP contribution in [-0.2, 0) is 0 Å². The summed E-state index contributed by atoms with van der Waals surface area (Å²) in [5, 5.41) is 7.61. The summed E-state index contributed by atoms with van der Waals surface area (Å²) < 4.78 is 9.39. The summed E-state index contributed by atoms with van der Waals surface area (Å²) in [6.07, 6.45) is 4.38. The van der Waals surface area contributed by atoms with E-state index in [1.807, 2.05) is 0 Å². The van der Waals surface area contributed by atoms with Gasteiger partial charge < -0.3 is 18.3 Å². The smallest absolute Gasteiger partial charge is 0.0548 e. The Morgan fingerprint density at radius 2 is 0.600 bits per heavy atom. The van der Waals surface area contributed by atoms with Crippen molar-refractivity contribution < 1.29 is 0 Å². The van der Waals surface area contributed by atoms with Crippen molar-refractivity contribution in [1.82, 2.24) is 18.3 Å². The van der Waals surface area contributed by atoms with E-state index in [1.54, 1.807) is 0 Å². The van der Waals surface area contributed by atoms with E-state index in [0.29, 0.717) is 0 Å². The topological polar surface area (TPSA) is 19.7 Å². The Bertz CT molecular complexity index is 2850. The third-order valence-electron chi connectivity index (χ3n) is 10.4. The highest BCUT2D eigenvalue weighted by atomic mass is 15.0. The number of aromatic nitrogens is 4. The van der Waals surface area contributed by atoms with Crippen molar-refractivity contribution in [2.45, 2.75) is 0 Å². The minimum absolute atomic E-state index is 1.14. The van der Waals surface area contributed by atoms with E-state index in [-0.39, 0.29) is 0 Å². The van der Waals surface area contributed by atoms with Gasteiger partial charge in [-0.15, -0.1) is 0 Å². The summed E-state index contributed by atoms with van der Waals surface area (Å²) in [7, 11) is 0. The van der Waals surface area contributed by atoms with Gasteiger partial charge in [-0.3, -0.25) is 0 Å². The Morgan fingerprint density at radius 1 is 0.240 bits per heavy atom. The summed E-state index contributed by atoms with van der Waals surface area (Å²) >= 11 is 0. The number of benzene rings is 7. The average Bonchev–Trinajstić information content (AvgIpc) is 3.96. The summed E-state index contributed by atoms with van der Waals surface area (Å²) in [5.74, 6) is 0. The van der Waals surface area contributed by atoms with E-state index < -0.39 is 0 Å². The van der Waals surface area contributed by atoms with Gasteiger partial charge in [-0.2, -0.15) is 0 Å². The molecule has 4 aromatic heterocycles. The van der Waals surface area contributed by atoms with Crippen LogP contribution in [0.15, 0.2) is 182 Å². The maximum absolute atomic E-state index is 2.41. The van der Waals surface area contributed by atoms with Gasteiger partial charge in [0, 0.05) is 67.5 Å². The molecule has 50 heavy (non-hydrogen) atoms. The van der Waals surface area contributed by atoms with Gasteiger partial charge in [-0.05, 0) is 97.1 Å². The minimum atomic E-state index is 1.14. The van der Waals surface area contributed by atoms with Crippen LogP contribution in [0.25, 0.3) is 88.2 Å². The molecule has 7 aromatic carbocycles. The molecule has 0 N–H and O–H groups in total. The molecular weight excluding hydrogens is 609 g/mol. The highest BCUT2D eigenvalue weighted by Crippen LogP contribution is 2.40. The lowest BCUT2D eigenvalue weighted by Gasteiger charge is -2.12. The van der Waals surface area contributed by atoms with Crippen LogP contribution in [0.3, 0.4) is 0 Å². The lowest BCUT2D eigenvalue weighted by Crippen LogP contribution is -1.97. The zero-order valence-corrected chi connectivity index (χ0v) is 27.1. The Balaban J connectivity index is 1.09. The first-order valence-electron chi connectivity index (χ1n) is 17.1. The van der Waals surface area contributed by atoms with Crippen LogP contribution < -0.4 is 0 Å². The Kier molecular flexibility index (Phi) is 5.63. The third-order valence-corrected chi connectivity index (χ3v) is 10.4. The summed E-state index contributed by atoms with van der Waals surface area (Å²) in [6.45, 7) is 0. The number of fused-ring (bicyclic) bond motifs is 10. The summed E-state index contributed by atoms with van der Waals surface area (Å²) in [4.78, 5) is 0. The Hall–Kier alpha value is -6.78. The molecule has 11 aromatic rings. The molecule has 11 rings (SSSR count). The first-order chi connectivity index (χ1) is 24.8. The van der Waals surface area contributed by atoms with Gasteiger partial charge in [0.2, 0.25) is 0 Å². The molecule has 0 aliphatic heterocycles. The molecule has 0 fully saturated rings.